The Kier molecular flexibility index (Phi) is 5.12. The molecule has 150 valence electrons. The fourth-order valence-electron chi connectivity index (χ4n) is 3.42. The molecule has 1 N–H and O–H groups in total. The highest BCUT2D eigenvalue weighted by Crippen LogP contribution is 2.31. The van der Waals surface area contributed by atoms with Gasteiger partial charge in [0.1, 0.15) is 18.9 Å². The fraction of sp³-hybridized carbons (Fsp3) is 0.273. The lowest BCUT2D eigenvalue weighted by atomic mass is 10.1. The molecule has 3 aromatic rings. The van der Waals surface area contributed by atoms with Gasteiger partial charge in [0.25, 0.3) is 5.56 Å². The smallest absolute Gasteiger partial charge is 0.295 e. The van der Waals surface area contributed by atoms with Crippen molar-refractivity contribution >= 4 is 11.6 Å². The van der Waals surface area contributed by atoms with Gasteiger partial charge in [-0.3, -0.25) is 14.3 Å². The van der Waals surface area contributed by atoms with Crippen LogP contribution in [0.5, 0.6) is 11.5 Å². The number of nitrogens with one attached hydrogen (secondary N) is 1. The Morgan fingerprint density at radius 1 is 1.07 bits per heavy atom. The molecule has 0 fully saturated rings. The summed E-state index contributed by atoms with van der Waals surface area (Å²) in [4.78, 5) is 25.4. The van der Waals surface area contributed by atoms with E-state index in [4.69, 9.17) is 9.47 Å². The first-order valence-corrected chi connectivity index (χ1v) is 9.57. The van der Waals surface area contributed by atoms with Crippen molar-refractivity contribution in [3.05, 3.63) is 70.1 Å². The van der Waals surface area contributed by atoms with Gasteiger partial charge in [-0.25, -0.2) is 4.68 Å². The molecule has 0 bridgehead atoms. The number of para-hydroxylation sites is 1. The monoisotopic (exact) mass is 393 g/mol. The first kappa shape index (κ1) is 18.9. The van der Waals surface area contributed by atoms with E-state index in [1.807, 2.05) is 55.5 Å². The predicted octanol–water partition coefficient (Wildman–Crippen LogP) is 2.83. The Morgan fingerprint density at radius 2 is 1.79 bits per heavy atom. The Balaban J connectivity index is 1.47. The van der Waals surface area contributed by atoms with Crippen molar-refractivity contribution in [2.45, 2.75) is 19.8 Å². The van der Waals surface area contributed by atoms with Crippen LogP contribution in [0.25, 0.3) is 5.69 Å². The zero-order chi connectivity index (χ0) is 20.4. The second-order valence-corrected chi connectivity index (χ2v) is 6.96. The van der Waals surface area contributed by atoms with E-state index < -0.39 is 0 Å². The molecule has 0 saturated heterocycles. The lowest BCUT2D eigenvalue weighted by Crippen LogP contribution is -2.23. The molecule has 1 aliphatic heterocycles. The van der Waals surface area contributed by atoms with Crippen LogP contribution >= 0.6 is 0 Å². The minimum absolute atomic E-state index is 0.203. The number of hydrogen-bond donors (Lipinski definition) is 1. The van der Waals surface area contributed by atoms with Gasteiger partial charge in [-0.05, 0) is 43.2 Å². The molecule has 1 amide bonds. The zero-order valence-corrected chi connectivity index (χ0v) is 16.5. The summed E-state index contributed by atoms with van der Waals surface area (Å²) < 4.78 is 14.4. The fourth-order valence-corrected chi connectivity index (χ4v) is 3.42. The first-order chi connectivity index (χ1) is 14.0. The van der Waals surface area contributed by atoms with Crippen molar-refractivity contribution in [3.8, 4) is 17.2 Å². The summed E-state index contributed by atoms with van der Waals surface area (Å²) in [5, 5.41) is 2.79. The highest BCUT2D eigenvalue weighted by molar-refractivity contribution is 5.91. The van der Waals surface area contributed by atoms with Gasteiger partial charge in [-0.15, -0.1) is 0 Å². The van der Waals surface area contributed by atoms with Gasteiger partial charge in [0.2, 0.25) is 5.91 Å². The van der Waals surface area contributed by atoms with Crippen LogP contribution in [0.2, 0.25) is 0 Å². The van der Waals surface area contributed by atoms with Crippen LogP contribution in [-0.4, -0.2) is 28.5 Å². The maximum absolute atomic E-state index is 12.9. The molecule has 0 saturated carbocycles. The van der Waals surface area contributed by atoms with Crippen LogP contribution in [0.1, 0.15) is 17.7 Å². The molecule has 0 aliphatic carbocycles. The lowest BCUT2D eigenvalue weighted by Gasteiger charge is -2.18. The van der Waals surface area contributed by atoms with Crippen molar-refractivity contribution in [1.82, 2.24) is 9.36 Å². The number of rotatable bonds is 5. The molecule has 0 unspecified atom stereocenters. The van der Waals surface area contributed by atoms with Crippen LogP contribution in [0.15, 0.2) is 53.3 Å². The summed E-state index contributed by atoms with van der Waals surface area (Å²) in [6.45, 7) is 2.89. The van der Waals surface area contributed by atoms with E-state index in [0.29, 0.717) is 36.8 Å². The van der Waals surface area contributed by atoms with E-state index in [2.05, 4.69) is 5.32 Å². The van der Waals surface area contributed by atoms with Crippen LogP contribution < -0.4 is 20.3 Å². The second-order valence-electron chi connectivity index (χ2n) is 6.96. The summed E-state index contributed by atoms with van der Waals surface area (Å²) in [7, 11) is 1.80. The van der Waals surface area contributed by atoms with Gasteiger partial charge >= 0.3 is 0 Å². The highest BCUT2D eigenvalue weighted by atomic mass is 16.6. The average molecular weight is 393 g/mol. The standard InChI is InChI=1S/C22H23N3O4/c1-15-21(22(27)25(24(15)2)17-6-4-3-5-7-17)23-20(26)11-9-16-8-10-18-19(14-16)29-13-12-28-18/h3-8,10,14H,9,11-13H2,1-2H3,(H,23,26). The minimum Gasteiger partial charge on any atom is -0.486 e. The summed E-state index contributed by atoms with van der Waals surface area (Å²) in [5.41, 5.74) is 2.50. The number of ether oxygens (including phenoxy) is 2. The van der Waals surface area contributed by atoms with E-state index in [1.54, 1.807) is 16.4 Å². The summed E-state index contributed by atoms with van der Waals surface area (Å²) in [6, 6.07) is 15.0. The van der Waals surface area contributed by atoms with Gasteiger partial charge < -0.3 is 14.8 Å². The Bertz CT molecular complexity index is 1100. The molecule has 29 heavy (non-hydrogen) atoms. The van der Waals surface area contributed by atoms with Crippen molar-refractivity contribution < 1.29 is 14.3 Å². The molecule has 0 radical (unpaired) electrons. The normalized spacial score (nSPS) is 12.6. The molecule has 2 aromatic carbocycles. The summed E-state index contributed by atoms with van der Waals surface area (Å²) in [5.74, 6) is 1.23. The van der Waals surface area contributed by atoms with Crippen molar-refractivity contribution in [1.29, 1.82) is 0 Å². The molecule has 1 aromatic heterocycles. The van der Waals surface area contributed by atoms with Gasteiger partial charge in [0, 0.05) is 13.5 Å². The van der Waals surface area contributed by atoms with Crippen LogP contribution in [0.4, 0.5) is 5.69 Å². The van der Waals surface area contributed by atoms with Gasteiger partial charge in [-0.1, -0.05) is 24.3 Å². The average Bonchev–Trinajstić information content (AvgIpc) is 2.96. The van der Waals surface area contributed by atoms with Crippen LogP contribution in [0, 0.1) is 6.92 Å². The van der Waals surface area contributed by atoms with E-state index in [9.17, 15) is 9.59 Å². The number of hydrogen-bond acceptors (Lipinski definition) is 4. The summed E-state index contributed by atoms with van der Waals surface area (Å²) >= 11 is 0. The number of carbonyl (C=O) groups is 1. The SMILES string of the molecule is Cc1c(NC(=O)CCc2ccc3c(c2)OCCO3)c(=O)n(-c2ccccc2)n1C. The number of nitrogens with zero attached hydrogens (tertiary/aromatic N) is 2. The number of benzene rings is 2. The zero-order valence-electron chi connectivity index (χ0n) is 16.5. The van der Waals surface area contributed by atoms with Crippen LogP contribution in [-0.2, 0) is 18.3 Å². The summed E-state index contributed by atoms with van der Waals surface area (Å²) in [6.07, 6.45) is 0.806. The first-order valence-electron chi connectivity index (χ1n) is 9.57. The van der Waals surface area contributed by atoms with E-state index in [0.717, 1.165) is 17.0 Å². The number of carbonyl (C=O) groups excluding carboxylic acids is 1. The Labute approximate surface area is 168 Å². The van der Waals surface area contributed by atoms with Crippen molar-refractivity contribution in [2.24, 2.45) is 7.05 Å². The number of fused-ring (bicyclic) bond motifs is 1. The largest absolute Gasteiger partial charge is 0.486 e. The number of amides is 1. The minimum atomic E-state index is -0.246. The highest BCUT2D eigenvalue weighted by Gasteiger charge is 2.18. The van der Waals surface area contributed by atoms with Crippen molar-refractivity contribution in [3.63, 3.8) is 0 Å². The van der Waals surface area contributed by atoms with Gasteiger partial charge in [-0.2, -0.15) is 0 Å². The topological polar surface area (TPSA) is 74.5 Å². The third kappa shape index (κ3) is 3.76. The quantitative estimate of drug-likeness (QED) is 0.723. The predicted molar refractivity (Wildman–Crippen MR) is 110 cm³/mol. The maximum atomic E-state index is 12.9. The number of aryl methyl sites for hydroxylation is 1. The van der Waals surface area contributed by atoms with Crippen molar-refractivity contribution in [2.75, 3.05) is 18.5 Å². The molecule has 0 spiro atoms. The lowest BCUT2D eigenvalue weighted by molar-refractivity contribution is -0.116. The molecular weight excluding hydrogens is 370 g/mol. The molecule has 7 heteroatoms. The molecule has 1 aliphatic rings. The molecule has 2 heterocycles. The Morgan fingerprint density at radius 3 is 2.55 bits per heavy atom. The third-order valence-corrected chi connectivity index (χ3v) is 5.07. The van der Waals surface area contributed by atoms with Crippen LogP contribution in [0.3, 0.4) is 0 Å². The van der Waals surface area contributed by atoms with Gasteiger partial charge in [0.05, 0.1) is 11.4 Å². The number of anilines is 1. The molecule has 4 rings (SSSR count). The van der Waals surface area contributed by atoms with E-state index >= 15 is 0 Å². The van der Waals surface area contributed by atoms with E-state index in [-0.39, 0.29) is 17.9 Å². The third-order valence-electron chi connectivity index (χ3n) is 5.07. The number of aromatic nitrogens is 2. The molecular formula is C22H23N3O4. The van der Waals surface area contributed by atoms with Gasteiger partial charge in [0.15, 0.2) is 11.5 Å². The molecule has 7 nitrogen and oxygen atoms in total. The van der Waals surface area contributed by atoms with E-state index in [1.165, 1.54) is 0 Å². The second kappa shape index (κ2) is 7.87. The molecule has 0 atom stereocenters. The maximum Gasteiger partial charge on any atom is 0.295 e. The Hall–Kier alpha value is -3.48.